The van der Waals surface area contributed by atoms with E-state index in [2.05, 4.69) is 35.4 Å². The van der Waals surface area contributed by atoms with Crippen molar-refractivity contribution in [3.63, 3.8) is 0 Å². The molecule has 3 rings (SSSR count). The smallest absolute Gasteiger partial charge is 0.224 e. The standard InChI is InChI=1S/C17H22N2O2/c1-11-5-6-14-13(10-18-15(14)7-11)8-17(21)19-9-12-3-2-4-16(12)20/h5-7,10,12,16,18,20H,2-4,8-9H2,1H3,(H,19,21)/t12-,16+/m0/s1. The first-order chi connectivity index (χ1) is 10.1. The molecule has 2 aromatic rings. The van der Waals surface area contributed by atoms with Gasteiger partial charge in [0.15, 0.2) is 0 Å². The van der Waals surface area contributed by atoms with Gasteiger partial charge >= 0.3 is 0 Å². The van der Waals surface area contributed by atoms with E-state index in [1.165, 1.54) is 5.56 Å². The summed E-state index contributed by atoms with van der Waals surface area (Å²) < 4.78 is 0. The van der Waals surface area contributed by atoms with E-state index in [-0.39, 0.29) is 17.9 Å². The van der Waals surface area contributed by atoms with E-state index in [0.717, 1.165) is 35.7 Å². The van der Waals surface area contributed by atoms with Crippen molar-refractivity contribution in [2.45, 2.75) is 38.7 Å². The van der Waals surface area contributed by atoms with Gasteiger partial charge in [-0.1, -0.05) is 18.6 Å². The Balaban J connectivity index is 1.61. The second-order valence-electron chi connectivity index (χ2n) is 6.10. The van der Waals surface area contributed by atoms with E-state index in [4.69, 9.17) is 0 Å². The Hall–Kier alpha value is -1.81. The SMILES string of the molecule is Cc1ccc2c(CC(=O)NC[C@@H]3CCC[C@H]3O)c[nH]c2c1. The van der Waals surface area contributed by atoms with Crippen LogP contribution in [0.5, 0.6) is 0 Å². The van der Waals surface area contributed by atoms with Gasteiger partial charge < -0.3 is 15.4 Å². The molecule has 0 radical (unpaired) electrons. The number of rotatable bonds is 4. The Morgan fingerprint density at radius 3 is 3.05 bits per heavy atom. The predicted octanol–water partition coefficient (Wildman–Crippen LogP) is 2.30. The molecule has 4 heteroatoms. The lowest BCUT2D eigenvalue weighted by molar-refractivity contribution is -0.120. The van der Waals surface area contributed by atoms with Crippen molar-refractivity contribution < 1.29 is 9.90 Å². The summed E-state index contributed by atoms with van der Waals surface area (Å²) in [6.07, 6.45) is 4.97. The number of hydrogen-bond acceptors (Lipinski definition) is 2. The number of aromatic nitrogens is 1. The molecule has 2 atom stereocenters. The highest BCUT2D eigenvalue weighted by molar-refractivity contribution is 5.89. The lowest BCUT2D eigenvalue weighted by Gasteiger charge is -2.14. The number of aliphatic hydroxyl groups excluding tert-OH is 1. The van der Waals surface area contributed by atoms with Crippen LogP contribution < -0.4 is 5.32 Å². The van der Waals surface area contributed by atoms with E-state index in [0.29, 0.717) is 13.0 Å². The summed E-state index contributed by atoms with van der Waals surface area (Å²) in [5.74, 6) is 0.246. The number of hydrogen-bond donors (Lipinski definition) is 3. The Bertz CT molecular complexity index is 647. The minimum absolute atomic E-state index is 0.0237. The van der Waals surface area contributed by atoms with Crippen LogP contribution in [0.4, 0.5) is 0 Å². The van der Waals surface area contributed by atoms with Gasteiger partial charge in [-0.15, -0.1) is 0 Å². The first-order valence-electron chi connectivity index (χ1n) is 7.65. The molecule has 1 fully saturated rings. The Kier molecular flexibility index (Phi) is 3.97. The third-order valence-electron chi connectivity index (χ3n) is 4.45. The summed E-state index contributed by atoms with van der Waals surface area (Å²) in [6.45, 7) is 2.64. The number of carbonyl (C=O) groups excluding carboxylic acids is 1. The van der Waals surface area contributed by atoms with Gasteiger partial charge in [0.25, 0.3) is 0 Å². The molecule has 0 unspecified atom stereocenters. The van der Waals surface area contributed by atoms with Gasteiger partial charge in [-0.05, 0) is 37.0 Å². The fraction of sp³-hybridized carbons (Fsp3) is 0.471. The van der Waals surface area contributed by atoms with Crippen LogP contribution >= 0.6 is 0 Å². The van der Waals surface area contributed by atoms with Gasteiger partial charge in [0.2, 0.25) is 5.91 Å². The summed E-state index contributed by atoms with van der Waals surface area (Å²) in [5.41, 5.74) is 3.30. The van der Waals surface area contributed by atoms with Gasteiger partial charge in [-0.25, -0.2) is 0 Å². The zero-order valence-electron chi connectivity index (χ0n) is 12.4. The molecule has 1 amide bonds. The van der Waals surface area contributed by atoms with Crippen molar-refractivity contribution in [3.05, 3.63) is 35.5 Å². The van der Waals surface area contributed by atoms with Crippen LogP contribution in [-0.4, -0.2) is 28.6 Å². The molecule has 0 saturated heterocycles. The molecular weight excluding hydrogens is 264 g/mol. The molecule has 1 aliphatic carbocycles. The highest BCUT2D eigenvalue weighted by Gasteiger charge is 2.25. The van der Waals surface area contributed by atoms with Crippen molar-refractivity contribution in [3.8, 4) is 0 Å². The predicted molar refractivity (Wildman–Crippen MR) is 83.1 cm³/mol. The highest BCUT2D eigenvalue weighted by Crippen LogP contribution is 2.25. The molecule has 1 aromatic heterocycles. The number of H-pyrrole nitrogens is 1. The van der Waals surface area contributed by atoms with Gasteiger partial charge in [-0.2, -0.15) is 0 Å². The summed E-state index contributed by atoms with van der Waals surface area (Å²) >= 11 is 0. The zero-order valence-corrected chi connectivity index (χ0v) is 12.4. The van der Waals surface area contributed by atoms with Crippen LogP contribution in [-0.2, 0) is 11.2 Å². The van der Waals surface area contributed by atoms with E-state index in [9.17, 15) is 9.90 Å². The minimum atomic E-state index is -0.249. The normalized spacial score (nSPS) is 21.8. The second kappa shape index (κ2) is 5.90. The number of aromatic amines is 1. The molecule has 1 aromatic carbocycles. The van der Waals surface area contributed by atoms with Crippen LogP contribution in [0.15, 0.2) is 24.4 Å². The van der Waals surface area contributed by atoms with E-state index in [1.807, 2.05) is 6.20 Å². The molecule has 1 aliphatic rings. The molecule has 0 spiro atoms. The Morgan fingerprint density at radius 2 is 2.29 bits per heavy atom. The average molecular weight is 286 g/mol. The Morgan fingerprint density at radius 1 is 1.43 bits per heavy atom. The fourth-order valence-corrected chi connectivity index (χ4v) is 3.18. The molecule has 3 N–H and O–H groups in total. The van der Waals surface area contributed by atoms with Crippen LogP contribution in [0, 0.1) is 12.8 Å². The lowest BCUT2D eigenvalue weighted by atomic mass is 10.1. The van der Waals surface area contributed by atoms with Gasteiger partial charge in [0, 0.05) is 29.6 Å². The summed E-state index contributed by atoms with van der Waals surface area (Å²) in [7, 11) is 0. The van der Waals surface area contributed by atoms with E-state index in [1.54, 1.807) is 0 Å². The third kappa shape index (κ3) is 3.10. The summed E-state index contributed by atoms with van der Waals surface area (Å²) in [5, 5.41) is 13.8. The van der Waals surface area contributed by atoms with Crippen molar-refractivity contribution in [2.24, 2.45) is 5.92 Å². The van der Waals surface area contributed by atoms with Crippen LogP contribution in [0.25, 0.3) is 10.9 Å². The largest absolute Gasteiger partial charge is 0.393 e. The Labute approximate surface area is 124 Å². The maximum absolute atomic E-state index is 12.1. The van der Waals surface area contributed by atoms with E-state index < -0.39 is 0 Å². The first-order valence-corrected chi connectivity index (χ1v) is 7.65. The lowest BCUT2D eigenvalue weighted by Crippen LogP contribution is -2.33. The number of fused-ring (bicyclic) bond motifs is 1. The quantitative estimate of drug-likeness (QED) is 0.807. The molecule has 0 aliphatic heterocycles. The second-order valence-corrected chi connectivity index (χ2v) is 6.10. The fourth-order valence-electron chi connectivity index (χ4n) is 3.18. The van der Waals surface area contributed by atoms with Crippen molar-refractivity contribution in [1.82, 2.24) is 10.3 Å². The van der Waals surface area contributed by atoms with Crippen LogP contribution in [0.1, 0.15) is 30.4 Å². The number of aryl methyl sites for hydroxylation is 1. The molecular formula is C17H22N2O2. The number of nitrogens with one attached hydrogen (secondary N) is 2. The maximum atomic E-state index is 12.1. The number of benzene rings is 1. The van der Waals surface area contributed by atoms with E-state index >= 15 is 0 Å². The zero-order chi connectivity index (χ0) is 14.8. The topological polar surface area (TPSA) is 65.1 Å². The molecule has 4 nitrogen and oxygen atoms in total. The maximum Gasteiger partial charge on any atom is 0.224 e. The minimum Gasteiger partial charge on any atom is -0.393 e. The highest BCUT2D eigenvalue weighted by atomic mass is 16.3. The summed E-state index contributed by atoms with van der Waals surface area (Å²) in [4.78, 5) is 15.3. The van der Waals surface area contributed by atoms with Crippen molar-refractivity contribution in [1.29, 1.82) is 0 Å². The number of carbonyl (C=O) groups is 1. The number of amides is 1. The molecule has 1 heterocycles. The van der Waals surface area contributed by atoms with Gasteiger partial charge in [0.05, 0.1) is 12.5 Å². The average Bonchev–Trinajstić information content (AvgIpc) is 3.03. The third-order valence-corrected chi connectivity index (χ3v) is 4.45. The van der Waals surface area contributed by atoms with Gasteiger partial charge in [0.1, 0.15) is 0 Å². The number of aliphatic hydroxyl groups is 1. The summed E-state index contributed by atoms with van der Waals surface area (Å²) in [6, 6.07) is 6.21. The van der Waals surface area contributed by atoms with Crippen molar-refractivity contribution in [2.75, 3.05) is 6.54 Å². The molecule has 0 bridgehead atoms. The monoisotopic (exact) mass is 286 g/mol. The molecule has 1 saturated carbocycles. The first kappa shape index (κ1) is 14.1. The van der Waals surface area contributed by atoms with Gasteiger partial charge in [-0.3, -0.25) is 4.79 Å². The van der Waals surface area contributed by atoms with Crippen molar-refractivity contribution >= 4 is 16.8 Å². The van der Waals surface area contributed by atoms with Crippen LogP contribution in [0.3, 0.4) is 0 Å². The molecule has 112 valence electrons. The van der Waals surface area contributed by atoms with Crippen LogP contribution in [0.2, 0.25) is 0 Å². The molecule has 21 heavy (non-hydrogen) atoms.